The van der Waals surface area contributed by atoms with Crippen molar-refractivity contribution in [1.29, 1.82) is 0 Å². The number of likely N-dealkylation sites (N-methyl/N-ethyl adjacent to an activating group) is 1. The van der Waals surface area contributed by atoms with Crippen molar-refractivity contribution in [3.05, 3.63) is 101 Å². The molecule has 1 N–H and O–H groups in total. The fraction of sp³-hybridized carbons (Fsp3) is 0.462. The van der Waals surface area contributed by atoms with Crippen LogP contribution in [0.25, 0.3) is 0 Å². The maximum atomic E-state index is 16.2. The first-order valence-electron chi connectivity index (χ1n) is 17.0. The van der Waals surface area contributed by atoms with Crippen LogP contribution in [0, 0.1) is 11.8 Å². The van der Waals surface area contributed by atoms with Crippen molar-refractivity contribution in [2.45, 2.75) is 61.4 Å². The van der Waals surface area contributed by atoms with Gasteiger partial charge < -0.3 is 29.1 Å². The van der Waals surface area contributed by atoms with Crippen LogP contribution in [0.3, 0.4) is 0 Å². The van der Waals surface area contributed by atoms with E-state index in [-0.39, 0.29) is 17.3 Å². The quantitative estimate of drug-likeness (QED) is 0.206. The van der Waals surface area contributed by atoms with Crippen molar-refractivity contribution in [3.8, 4) is 17.2 Å². The second-order valence-electron chi connectivity index (χ2n) is 14.2. The summed E-state index contributed by atoms with van der Waals surface area (Å²) in [6, 6.07) is 21.6. The van der Waals surface area contributed by atoms with E-state index in [0.717, 1.165) is 30.5 Å². The summed E-state index contributed by atoms with van der Waals surface area (Å²) in [6.07, 6.45) is 5.93. The molecule has 3 aromatic carbocycles. The zero-order chi connectivity index (χ0) is 32.3. The lowest BCUT2D eigenvalue weighted by molar-refractivity contribution is -0.140. The number of nitrogens with zero attached hydrogens (tertiary/aromatic N) is 2. The molecule has 0 aromatic heterocycles. The number of methoxy groups -OCH3 is 1. The number of rotatable bonds is 8. The third kappa shape index (κ3) is 5.07. The Balaban J connectivity index is 1.04. The Kier molecular flexibility index (Phi) is 7.66. The maximum Gasteiger partial charge on any atom is 0.316 e. The van der Waals surface area contributed by atoms with Crippen molar-refractivity contribution in [1.82, 2.24) is 9.80 Å². The summed E-state index contributed by atoms with van der Waals surface area (Å²) >= 11 is 0. The standard InChI is InChI=1S/C39H43FN2O5/c1-41-18-17-39-30-12-13-32(43)36(39)47-35-33(14-11-26(34(35)39)22-31(30)41)46-37(44)27(21-25-7-4-3-5-8-25)24-42-19-15-38(40,16-20-42)28-9-6-10-29(23-28)45-2/h3-14,23,27,30-32,36,43H,15-22,24H2,1-2H3. The molecule has 3 aromatic rings. The van der Waals surface area contributed by atoms with Crippen LogP contribution in [0.4, 0.5) is 4.39 Å². The summed E-state index contributed by atoms with van der Waals surface area (Å²) in [6.45, 7) is 2.46. The predicted octanol–water partition coefficient (Wildman–Crippen LogP) is 5.23. The molecule has 2 fully saturated rings. The number of hydrogen-bond acceptors (Lipinski definition) is 7. The first kappa shape index (κ1) is 30.6. The highest BCUT2D eigenvalue weighted by atomic mass is 19.1. The predicted molar refractivity (Wildman–Crippen MR) is 177 cm³/mol. The molecule has 246 valence electrons. The van der Waals surface area contributed by atoms with E-state index in [4.69, 9.17) is 14.2 Å². The van der Waals surface area contributed by atoms with Gasteiger partial charge in [-0.3, -0.25) is 4.79 Å². The van der Waals surface area contributed by atoms with E-state index in [2.05, 4.69) is 29.0 Å². The minimum Gasteiger partial charge on any atom is -0.497 e. The van der Waals surface area contributed by atoms with Gasteiger partial charge in [-0.15, -0.1) is 0 Å². The normalized spacial score (nSPS) is 29.4. The fourth-order valence-electron chi connectivity index (χ4n) is 9.21. The van der Waals surface area contributed by atoms with Gasteiger partial charge in [-0.1, -0.05) is 60.7 Å². The van der Waals surface area contributed by atoms with Gasteiger partial charge in [-0.2, -0.15) is 0 Å². The number of likely N-dealkylation sites (tertiary alicyclic amines) is 2. The Hall–Kier alpha value is -3.72. The van der Waals surface area contributed by atoms with E-state index < -0.39 is 23.8 Å². The Bertz CT molecular complexity index is 1690. The van der Waals surface area contributed by atoms with E-state index in [1.165, 1.54) is 5.56 Å². The average Bonchev–Trinajstić information content (AvgIpc) is 3.45. The molecule has 6 unspecified atom stereocenters. The third-order valence-electron chi connectivity index (χ3n) is 11.7. The van der Waals surface area contributed by atoms with Gasteiger partial charge in [0.15, 0.2) is 11.5 Å². The summed E-state index contributed by atoms with van der Waals surface area (Å²) in [5.41, 5.74) is 2.27. The Labute approximate surface area is 275 Å². The molecular formula is C39H43FN2O5. The first-order valence-corrected chi connectivity index (χ1v) is 17.0. The Morgan fingerprint density at radius 2 is 1.85 bits per heavy atom. The summed E-state index contributed by atoms with van der Waals surface area (Å²) in [5, 5.41) is 11.1. The van der Waals surface area contributed by atoms with E-state index in [0.29, 0.717) is 67.8 Å². The molecule has 3 heterocycles. The lowest BCUT2D eigenvalue weighted by Crippen LogP contribution is -2.64. The van der Waals surface area contributed by atoms with Crippen LogP contribution >= 0.6 is 0 Å². The van der Waals surface area contributed by atoms with Gasteiger partial charge in [0.25, 0.3) is 0 Å². The fourth-order valence-corrected chi connectivity index (χ4v) is 9.21. The Morgan fingerprint density at radius 1 is 1.04 bits per heavy atom. The molecule has 2 bridgehead atoms. The number of benzene rings is 3. The van der Waals surface area contributed by atoms with Gasteiger partial charge in [0, 0.05) is 42.6 Å². The number of piperidine rings is 2. The number of carbonyl (C=O) groups is 1. The van der Waals surface area contributed by atoms with Crippen LogP contribution in [0.15, 0.2) is 78.9 Å². The first-order chi connectivity index (χ1) is 22.8. The van der Waals surface area contributed by atoms with Gasteiger partial charge in [-0.25, -0.2) is 4.39 Å². The van der Waals surface area contributed by atoms with Crippen LogP contribution in [-0.4, -0.2) is 79.5 Å². The molecule has 0 saturated carbocycles. The zero-order valence-electron chi connectivity index (χ0n) is 27.1. The van der Waals surface area contributed by atoms with Crippen molar-refractivity contribution < 1.29 is 28.5 Å². The highest BCUT2D eigenvalue weighted by molar-refractivity contribution is 5.77. The van der Waals surface area contributed by atoms with Crippen LogP contribution in [0.1, 0.15) is 41.5 Å². The van der Waals surface area contributed by atoms with Gasteiger partial charge in [0.1, 0.15) is 23.6 Å². The largest absolute Gasteiger partial charge is 0.497 e. The van der Waals surface area contributed by atoms with Gasteiger partial charge in [0.05, 0.1) is 13.0 Å². The summed E-state index contributed by atoms with van der Waals surface area (Å²) in [4.78, 5) is 18.8. The van der Waals surface area contributed by atoms with Gasteiger partial charge >= 0.3 is 5.97 Å². The minimum absolute atomic E-state index is 0.235. The van der Waals surface area contributed by atoms with Gasteiger partial charge in [0.2, 0.25) is 0 Å². The molecule has 7 nitrogen and oxygen atoms in total. The summed E-state index contributed by atoms with van der Waals surface area (Å²) in [5.74, 6) is 1.15. The number of alkyl halides is 1. The minimum atomic E-state index is -1.44. The molecule has 8 rings (SSSR count). The smallest absolute Gasteiger partial charge is 0.316 e. The molecule has 0 radical (unpaired) electrons. The number of carbonyl (C=O) groups excluding carboxylic acids is 1. The lowest BCUT2D eigenvalue weighted by Gasteiger charge is -2.56. The Morgan fingerprint density at radius 3 is 2.64 bits per heavy atom. The number of esters is 1. The molecule has 8 heteroatoms. The molecule has 1 spiro atoms. The maximum absolute atomic E-state index is 16.2. The number of halogens is 1. The molecule has 0 amide bonds. The van der Waals surface area contributed by atoms with Crippen LogP contribution in [-0.2, 0) is 28.7 Å². The van der Waals surface area contributed by atoms with Crippen molar-refractivity contribution in [3.63, 3.8) is 0 Å². The molecule has 5 aliphatic rings. The topological polar surface area (TPSA) is 71.5 Å². The van der Waals surface area contributed by atoms with Crippen molar-refractivity contribution in [2.75, 3.05) is 40.3 Å². The molecule has 6 atom stereocenters. The number of aliphatic hydroxyl groups excluding tert-OH is 1. The highest BCUT2D eigenvalue weighted by Crippen LogP contribution is 2.62. The van der Waals surface area contributed by atoms with Crippen LogP contribution in [0.5, 0.6) is 17.2 Å². The second-order valence-corrected chi connectivity index (χ2v) is 14.2. The van der Waals surface area contributed by atoms with Crippen LogP contribution in [0.2, 0.25) is 0 Å². The van der Waals surface area contributed by atoms with E-state index in [1.807, 2.05) is 60.7 Å². The summed E-state index contributed by atoms with van der Waals surface area (Å²) < 4.78 is 34.4. The average molecular weight is 639 g/mol. The van der Waals surface area contributed by atoms with Crippen molar-refractivity contribution in [2.24, 2.45) is 11.8 Å². The zero-order valence-corrected chi connectivity index (χ0v) is 27.1. The SMILES string of the molecule is COc1cccc(C2(F)CCN(CC(Cc3ccccc3)C(=O)Oc3ccc4c5c3OC3C(O)C=CC6C(C4)N(C)CCC563)CC2)c1. The monoisotopic (exact) mass is 638 g/mol. The van der Waals surface area contributed by atoms with Gasteiger partial charge in [-0.05, 0) is 80.6 Å². The number of ether oxygens (including phenoxy) is 3. The second kappa shape index (κ2) is 11.8. The number of aliphatic hydroxyl groups is 1. The molecule has 2 saturated heterocycles. The van der Waals surface area contributed by atoms with E-state index in [1.54, 1.807) is 13.2 Å². The third-order valence-corrected chi connectivity index (χ3v) is 11.7. The van der Waals surface area contributed by atoms with E-state index >= 15 is 4.39 Å². The lowest BCUT2D eigenvalue weighted by atomic mass is 9.53. The van der Waals surface area contributed by atoms with E-state index in [9.17, 15) is 9.90 Å². The van der Waals surface area contributed by atoms with Crippen LogP contribution < -0.4 is 14.2 Å². The highest BCUT2D eigenvalue weighted by Gasteiger charge is 2.64. The molecule has 47 heavy (non-hydrogen) atoms. The molecule has 3 aliphatic heterocycles. The van der Waals surface area contributed by atoms with Crippen molar-refractivity contribution >= 4 is 5.97 Å². The molecule has 2 aliphatic carbocycles. The summed E-state index contributed by atoms with van der Waals surface area (Å²) in [7, 11) is 3.78. The number of hydrogen-bond donors (Lipinski definition) is 1. The molecular weight excluding hydrogens is 595 g/mol.